The van der Waals surface area contributed by atoms with Crippen LogP contribution in [0.25, 0.3) is 11.0 Å². The molecule has 8 nitrogen and oxygen atoms in total. The Balaban J connectivity index is 1.30. The van der Waals surface area contributed by atoms with E-state index in [-0.39, 0.29) is 11.9 Å². The van der Waals surface area contributed by atoms with E-state index in [0.29, 0.717) is 59.8 Å². The Morgan fingerprint density at radius 2 is 2.22 bits per heavy atom. The fourth-order valence-corrected chi connectivity index (χ4v) is 3.65. The first-order valence-corrected chi connectivity index (χ1v) is 10.4. The topological polar surface area (TPSA) is 96.8 Å². The highest BCUT2D eigenvalue weighted by Crippen LogP contribution is 2.25. The predicted octanol–water partition coefficient (Wildman–Crippen LogP) is 3.12. The number of para-hydroxylation sites is 1. The zero-order valence-electron chi connectivity index (χ0n) is 17.9. The van der Waals surface area contributed by atoms with E-state index < -0.39 is 12.2 Å². The van der Waals surface area contributed by atoms with Crippen LogP contribution in [-0.2, 0) is 4.74 Å². The summed E-state index contributed by atoms with van der Waals surface area (Å²) in [6.45, 7) is 2.85. The van der Waals surface area contributed by atoms with E-state index in [1.54, 1.807) is 25.1 Å². The normalized spacial score (nSPS) is 16.9. The number of aliphatic hydroxyl groups is 1. The number of aliphatic hydroxyl groups excluding tert-OH is 1. The van der Waals surface area contributed by atoms with Gasteiger partial charge in [0.2, 0.25) is 5.88 Å². The SMILES string of the molecule is COc1cnc2cccc([C@@H](O)CNCC[C@H]3CN(c4ccc(C)c(F)c4)C(=O)O3)c2n1. The van der Waals surface area contributed by atoms with Crippen molar-refractivity contribution < 1.29 is 23.8 Å². The minimum absolute atomic E-state index is 0.297. The molecule has 1 saturated heterocycles. The van der Waals surface area contributed by atoms with Crippen LogP contribution in [0.1, 0.15) is 23.7 Å². The van der Waals surface area contributed by atoms with Gasteiger partial charge in [0.05, 0.1) is 42.7 Å². The van der Waals surface area contributed by atoms with E-state index in [1.165, 1.54) is 24.3 Å². The lowest BCUT2D eigenvalue weighted by molar-refractivity contribution is 0.134. The van der Waals surface area contributed by atoms with Gasteiger partial charge in [0, 0.05) is 12.1 Å². The van der Waals surface area contributed by atoms with Crippen molar-refractivity contribution in [3.8, 4) is 5.88 Å². The first-order valence-electron chi connectivity index (χ1n) is 10.4. The molecule has 1 fully saturated rings. The van der Waals surface area contributed by atoms with Crippen molar-refractivity contribution in [1.29, 1.82) is 0 Å². The lowest BCUT2D eigenvalue weighted by Crippen LogP contribution is -2.28. The number of methoxy groups -OCH3 is 1. The number of nitrogens with one attached hydrogen (secondary N) is 1. The predicted molar refractivity (Wildman–Crippen MR) is 117 cm³/mol. The Morgan fingerprint density at radius 3 is 3.00 bits per heavy atom. The van der Waals surface area contributed by atoms with Gasteiger partial charge in [0.25, 0.3) is 0 Å². The van der Waals surface area contributed by atoms with Crippen LogP contribution in [0.5, 0.6) is 5.88 Å². The number of ether oxygens (including phenoxy) is 2. The number of hydrogen-bond donors (Lipinski definition) is 2. The molecule has 9 heteroatoms. The maximum atomic E-state index is 13.8. The number of nitrogens with zero attached hydrogens (tertiary/aromatic N) is 3. The van der Waals surface area contributed by atoms with E-state index >= 15 is 0 Å². The number of aryl methyl sites for hydroxylation is 1. The quantitative estimate of drug-likeness (QED) is 0.520. The average Bonchev–Trinajstić information content (AvgIpc) is 3.17. The zero-order chi connectivity index (χ0) is 22.7. The fourth-order valence-electron chi connectivity index (χ4n) is 3.65. The molecule has 0 aliphatic carbocycles. The average molecular weight is 440 g/mol. The van der Waals surface area contributed by atoms with Crippen molar-refractivity contribution in [3.05, 3.63) is 59.5 Å². The molecule has 1 amide bonds. The van der Waals surface area contributed by atoms with Crippen LogP contribution in [0, 0.1) is 12.7 Å². The number of cyclic esters (lactones) is 1. The standard InChI is InChI=1S/C23H25FN4O4/c1-14-6-7-15(10-18(14)24)28-13-16(32-23(28)30)8-9-25-11-20(29)17-4-3-5-19-22(17)27-21(31-2)12-26-19/h3-7,10,12,16,20,25,29H,8-9,11,13H2,1-2H3/t16-,20-/m0/s1. The van der Waals surface area contributed by atoms with Crippen molar-refractivity contribution in [2.45, 2.75) is 25.6 Å². The highest BCUT2D eigenvalue weighted by Gasteiger charge is 2.32. The third-order valence-corrected chi connectivity index (χ3v) is 5.47. The van der Waals surface area contributed by atoms with E-state index in [2.05, 4.69) is 15.3 Å². The second-order valence-corrected chi connectivity index (χ2v) is 7.69. The summed E-state index contributed by atoms with van der Waals surface area (Å²) in [4.78, 5) is 22.3. The first kappa shape index (κ1) is 21.9. The van der Waals surface area contributed by atoms with Crippen LogP contribution in [0.3, 0.4) is 0 Å². The minimum atomic E-state index is -0.793. The molecule has 0 radical (unpaired) electrons. The molecule has 2 aromatic carbocycles. The number of halogens is 1. The van der Waals surface area contributed by atoms with Gasteiger partial charge in [-0.15, -0.1) is 0 Å². The summed E-state index contributed by atoms with van der Waals surface area (Å²) in [5, 5.41) is 13.8. The molecule has 168 valence electrons. The summed E-state index contributed by atoms with van der Waals surface area (Å²) >= 11 is 0. The smallest absolute Gasteiger partial charge is 0.414 e. The van der Waals surface area contributed by atoms with Gasteiger partial charge in [-0.2, -0.15) is 0 Å². The van der Waals surface area contributed by atoms with Crippen LogP contribution in [0.4, 0.5) is 14.9 Å². The molecule has 1 aliphatic rings. The second-order valence-electron chi connectivity index (χ2n) is 7.69. The molecular formula is C23H25FN4O4. The van der Waals surface area contributed by atoms with Gasteiger partial charge in [-0.05, 0) is 43.7 Å². The van der Waals surface area contributed by atoms with Crippen LogP contribution < -0.4 is 15.0 Å². The van der Waals surface area contributed by atoms with Crippen molar-refractivity contribution in [2.75, 3.05) is 31.6 Å². The van der Waals surface area contributed by atoms with Crippen LogP contribution in [0.2, 0.25) is 0 Å². The van der Waals surface area contributed by atoms with Gasteiger partial charge in [-0.25, -0.2) is 19.2 Å². The number of benzene rings is 2. The summed E-state index contributed by atoms with van der Waals surface area (Å²) in [5.74, 6) is 0.0244. The minimum Gasteiger partial charge on any atom is -0.480 e. The lowest BCUT2D eigenvalue weighted by Gasteiger charge is -2.15. The molecule has 2 heterocycles. The molecule has 2 N–H and O–H groups in total. The second kappa shape index (κ2) is 9.46. The van der Waals surface area contributed by atoms with Crippen LogP contribution in [0.15, 0.2) is 42.6 Å². The summed E-state index contributed by atoms with van der Waals surface area (Å²) in [6.07, 6.45) is 0.504. The molecule has 0 saturated carbocycles. The Hall–Kier alpha value is -3.30. The number of anilines is 1. The van der Waals surface area contributed by atoms with E-state index in [9.17, 15) is 14.3 Å². The highest BCUT2D eigenvalue weighted by atomic mass is 19.1. The van der Waals surface area contributed by atoms with Gasteiger partial charge in [0.1, 0.15) is 11.9 Å². The highest BCUT2D eigenvalue weighted by molar-refractivity contribution is 5.89. The maximum absolute atomic E-state index is 13.8. The summed E-state index contributed by atoms with van der Waals surface area (Å²) in [7, 11) is 1.52. The molecule has 0 bridgehead atoms. The van der Waals surface area contributed by atoms with Gasteiger partial charge >= 0.3 is 6.09 Å². The summed E-state index contributed by atoms with van der Waals surface area (Å²) in [5.41, 5.74) is 2.92. The van der Waals surface area contributed by atoms with Crippen molar-refractivity contribution >= 4 is 22.8 Å². The number of fused-ring (bicyclic) bond motifs is 1. The summed E-state index contributed by atoms with van der Waals surface area (Å²) < 4.78 is 24.4. The number of aromatic nitrogens is 2. The largest absolute Gasteiger partial charge is 0.480 e. The molecular weight excluding hydrogens is 415 g/mol. The Bertz CT molecular complexity index is 1130. The number of amides is 1. The molecule has 1 aromatic heterocycles. The van der Waals surface area contributed by atoms with E-state index in [4.69, 9.17) is 9.47 Å². The Labute approximate surface area is 185 Å². The van der Waals surface area contributed by atoms with E-state index in [0.717, 1.165) is 0 Å². The van der Waals surface area contributed by atoms with Gasteiger partial charge in [-0.3, -0.25) is 4.90 Å². The maximum Gasteiger partial charge on any atom is 0.414 e. The number of carbonyl (C=O) groups is 1. The number of rotatable bonds is 8. The molecule has 3 aromatic rings. The van der Waals surface area contributed by atoms with Gasteiger partial charge in [-0.1, -0.05) is 18.2 Å². The van der Waals surface area contributed by atoms with Crippen molar-refractivity contribution in [3.63, 3.8) is 0 Å². The molecule has 0 unspecified atom stereocenters. The number of carbonyl (C=O) groups excluding carboxylic acids is 1. The Morgan fingerprint density at radius 1 is 1.38 bits per heavy atom. The molecule has 4 rings (SSSR count). The molecule has 0 spiro atoms. The zero-order valence-corrected chi connectivity index (χ0v) is 17.9. The van der Waals surface area contributed by atoms with Crippen LogP contribution in [-0.4, -0.2) is 54.0 Å². The van der Waals surface area contributed by atoms with Crippen LogP contribution >= 0.6 is 0 Å². The molecule has 1 aliphatic heterocycles. The third-order valence-electron chi connectivity index (χ3n) is 5.47. The number of hydrogen-bond acceptors (Lipinski definition) is 7. The fraction of sp³-hybridized carbons (Fsp3) is 0.348. The van der Waals surface area contributed by atoms with Gasteiger partial charge < -0.3 is 19.9 Å². The van der Waals surface area contributed by atoms with Crippen molar-refractivity contribution in [1.82, 2.24) is 15.3 Å². The van der Waals surface area contributed by atoms with Gasteiger partial charge in [0.15, 0.2) is 0 Å². The molecule has 32 heavy (non-hydrogen) atoms. The Kier molecular flexibility index (Phi) is 6.48. The third kappa shape index (κ3) is 4.63. The first-order chi connectivity index (χ1) is 15.5. The van der Waals surface area contributed by atoms with E-state index in [1.807, 2.05) is 12.1 Å². The lowest BCUT2D eigenvalue weighted by atomic mass is 10.1. The van der Waals surface area contributed by atoms with Crippen molar-refractivity contribution in [2.24, 2.45) is 0 Å². The summed E-state index contributed by atoms with van der Waals surface area (Å²) in [6, 6.07) is 10.1. The monoisotopic (exact) mass is 440 g/mol. The molecule has 2 atom stereocenters.